The summed E-state index contributed by atoms with van der Waals surface area (Å²) in [6.07, 6.45) is 0. The van der Waals surface area contributed by atoms with Crippen molar-refractivity contribution in [2.45, 2.75) is 99.3 Å². The van der Waals surface area contributed by atoms with E-state index in [9.17, 15) is 4.39 Å². The van der Waals surface area contributed by atoms with Crippen molar-refractivity contribution >= 4 is 32.7 Å². The topological polar surface area (TPSA) is 114 Å². The SMILES string of the molecule is COc1ccc(-c2nc(C(C)(C)C)c3ccc(OC)c(C)c3n2)cc1.COc1ccc2c(C(C)(C)C)nc(-c3ccc(F)cc3)nc2c1C.COc1ccc2c(C(C)(C)C)nc(-c3ccccc3)nc2c1C. The van der Waals surface area contributed by atoms with Crippen LogP contribution < -0.4 is 18.9 Å². The van der Waals surface area contributed by atoms with Crippen LogP contribution in [0.2, 0.25) is 0 Å². The molecule has 3 heterocycles. The summed E-state index contributed by atoms with van der Waals surface area (Å²) < 4.78 is 34.8. The molecule has 11 heteroatoms. The maximum absolute atomic E-state index is 13.2. The van der Waals surface area contributed by atoms with Crippen LogP contribution in [0.3, 0.4) is 0 Å². The van der Waals surface area contributed by atoms with Crippen LogP contribution in [0.4, 0.5) is 4.39 Å². The van der Waals surface area contributed by atoms with Crippen molar-refractivity contribution in [1.29, 1.82) is 0 Å². The summed E-state index contributed by atoms with van der Waals surface area (Å²) in [5.74, 6) is 5.12. The molecule has 0 radical (unpaired) electrons. The molecule has 9 aromatic rings. The van der Waals surface area contributed by atoms with Gasteiger partial charge in [-0.3, -0.25) is 0 Å². The van der Waals surface area contributed by atoms with E-state index in [2.05, 4.69) is 81.4 Å². The Morgan fingerprint density at radius 3 is 0.944 bits per heavy atom. The number of halogens is 1. The zero-order valence-electron chi connectivity index (χ0n) is 44.7. The molecular formula is C61H67FN6O4. The second-order valence-corrected chi connectivity index (χ2v) is 20.9. The van der Waals surface area contributed by atoms with Crippen LogP contribution in [-0.4, -0.2) is 58.3 Å². The van der Waals surface area contributed by atoms with E-state index < -0.39 is 0 Å². The van der Waals surface area contributed by atoms with Gasteiger partial charge < -0.3 is 18.9 Å². The monoisotopic (exact) mass is 967 g/mol. The molecule has 0 unspecified atom stereocenters. The van der Waals surface area contributed by atoms with Crippen LogP contribution in [0, 0.1) is 26.6 Å². The molecule has 0 amide bonds. The average molecular weight is 967 g/mol. The van der Waals surface area contributed by atoms with Gasteiger partial charge in [0.15, 0.2) is 17.5 Å². The predicted octanol–water partition coefficient (Wildman–Crippen LogP) is 14.9. The maximum atomic E-state index is 13.2. The van der Waals surface area contributed by atoms with Crippen molar-refractivity contribution in [3.8, 4) is 57.2 Å². The highest BCUT2D eigenvalue weighted by Crippen LogP contribution is 2.38. The molecule has 0 fully saturated rings. The summed E-state index contributed by atoms with van der Waals surface area (Å²) in [6, 6.07) is 36.3. The zero-order chi connectivity index (χ0) is 52.3. The molecule has 0 aliphatic carbocycles. The van der Waals surface area contributed by atoms with E-state index >= 15 is 0 Å². The van der Waals surface area contributed by atoms with Gasteiger partial charge in [0.25, 0.3) is 0 Å². The van der Waals surface area contributed by atoms with Crippen molar-refractivity contribution in [2.75, 3.05) is 28.4 Å². The third-order valence-electron chi connectivity index (χ3n) is 12.5. The number of hydrogen-bond donors (Lipinski definition) is 0. The first kappa shape index (κ1) is 52.3. The van der Waals surface area contributed by atoms with Crippen LogP contribution in [0.5, 0.6) is 23.0 Å². The van der Waals surface area contributed by atoms with Crippen LogP contribution in [0.15, 0.2) is 115 Å². The van der Waals surface area contributed by atoms with Gasteiger partial charge in [-0.15, -0.1) is 0 Å². The molecule has 0 aliphatic rings. The van der Waals surface area contributed by atoms with Crippen LogP contribution in [-0.2, 0) is 16.2 Å². The number of ether oxygens (including phenoxy) is 4. The minimum atomic E-state index is -0.270. The highest BCUT2D eigenvalue weighted by atomic mass is 19.1. The van der Waals surface area contributed by atoms with Gasteiger partial charge in [-0.2, -0.15) is 0 Å². The zero-order valence-corrected chi connectivity index (χ0v) is 44.7. The van der Waals surface area contributed by atoms with Crippen molar-refractivity contribution in [3.05, 3.63) is 155 Å². The normalized spacial score (nSPS) is 11.7. The van der Waals surface area contributed by atoms with Gasteiger partial charge >= 0.3 is 0 Å². The number of rotatable bonds is 7. The first-order valence-electron chi connectivity index (χ1n) is 24.1. The number of aryl methyl sites for hydroxylation is 3. The largest absolute Gasteiger partial charge is 0.497 e. The van der Waals surface area contributed by atoms with Crippen molar-refractivity contribution < 1.29 is 23.3 Å². The van der Waals surface area contributed by atoms with Gasteiger partial charge in [-0.1, -0.05) is 92.6 Å². The van der Waals surface area contributed by atoms with Gasteiger partial charge in [0.1, 0.15) is 28.8 Å². The second kappa shape index (κ2) is 21.1. The van der Waals surface area contributed by atoms with Crippen LogP contribution in [0.25, 0.3) is 66.9 Å². The van der Waals surface area contributed by atoms with E-state index in [4.69, 9.17) is 48.9 Å². The standard InChI is InChI=1S/C21H24N2O2.C20H21FN2O.C20H22N2O/c1-13-17(25-6)12-11-16-18(13)22-20(23-19(16)21(2,3)4)14-7-9-15(24-5)10-8-14;1-12-16(24-5)11-10-15-17(12)22-19(23-18(15)20(2,3)4)13-6-8-14(21)9-7-13;1-13-16(23-5)12-11-15-17(13)21-19(14-9-7-6-8-10-14)22-18(15)20(2,3)4/h7-12H,1-6H3;6-11H,1-5H3;6-12H,1-5H3. The number of nitrogens with zero attached hydrogens (tertiary/aromatic N) is 6. The Morgan fingerprint density at radius 1 is 0.347 bits per heavy atom. The summed E-state index contributed by atoms with van der Waals surface area (Å²) >= 11 is 0. The fourth-order valence-electron chi connectivity index (χ4n) is 8.63. The quantitative estimate of drug-likeness (QED) is 0.153. The smallest absolute Gasteiger partial charge is 0.160 e. The van der Waals surface area contributed by atoms with E-state index in [-0.39, 0.29) is 22.1 Å². The Kier molecular flexibility index (Phi) is 15.3. The van der Waals surface area contributed by atoms with E-state index in [1.807, 2.05) is 92.7 Å². The average Bonchev–Trinajstić information content (AvgIpc) is 3.36. The summed E-state index contributed by atoms with van der Waals surface area (Å²) in [4.78, 5) is 29.0. The van der Waals surface area contributed by atoms with E-state index in [0.29, 0.717) is 5.82 Å². The van der Waals surface area contributed by atoms with Gasteiger partial charge in [0.2, 0.25) is 0 Å². The first-order valence-corrected chi connectivity index (χ1v) is 24.1. The van der Waals surface area contributed by atoms with E-state index in [0.717, 1.165) is 118 Å². The molecule has 0 N–H and O–H groups in total. The highest BCUT2D eigenvalue weighted by Gasteiger charge is 2.26. The first-order chi connectivity index (χ1) is 34.1. The molecule has 372 valence electrons. The highest BCUT2D eigenvalue weighted by molar-refractivity contribution is 5.90. The summed E-state index contributed by atoms with van der Waals surface area (Å²) in [5, 5.41) is 3.19. The van der Waals surface area contributed by atoms with Crippen LogP contribution >= 0.6 is 0 Å². The molecule has 0 bridgehead atoms. The Morgan fingerprint density at radius 2 is 0.653 bits per heavy atom. The number of benzene rings is 6. The molecule has 0 aliphatic heterocycles. The number of methoxy groups -OCH3 is 4. The lowest BCUT2D eigenvalue weighted by Crippen LogP contribution is -2.16. The molecular weight excluding hydrogens is 900 g/mol. The Balaban J connectivity index is 0.000000159. The van der Waals surface area contributed by atoms with Gasteiger partial charge in [-0.05, 0) is 106 Å². The van der Waals surface area contributed by atoms with E-state index in [1.165, 1.54) is 12.1 Å². The van der Waals surface area contributed by atoms with Gasteiger partial charge in [-0.25, -0.2) is 34.3 Å². The molecule has 6 aromatic carbocycles. The Labute approximate surface area is 424 Å². The maximum Gasteiger partial charge on any atom is 0.160 e. The summed E-state index contributed by atoms with van der Waals surface area (Å²) in [5.41, 5.74) is 11.4. The lowest BCUT2D eigenvalue weighted by Gasteiger charge is -2.22. The third kappa shape index (κ3) is 11.2. The van der Waals surface area contributed by atoms with Crippen molar-refractivity contribution in [2.24, 2.45) is 0 Å². The molecule has 72 heavy (non-hydrogen) atoms. The molecule has 0 saturated carbocycles. The van der Waals surface area contributed by atoms with Gasteiger partial charge in [0.05, 0.1) is 62.1 Å². The second-order valence-electron chi connectivity index (χ2n) is 20.9. The minimum Gasteiger partial charge on any atom is -0.497 e. The lowest BCUT2D eigenvalue weighted by molar-refractivity contribution is 0.412. The molecule has 3 aromatic heterocycles. The Hall–Kier alpha value is -7.53. The third-order valence-corrected chi connectivity index (χ3v) is 12.5. The molecule has 0 spiro atoms. The molecule has 0 saturated heterocycles. The Bertz CT molecular complexity index is 3380. The predicted molar refractivity (Wildman–Crippen MR) is 291 cm³/mol. The van der Waals surface area contributed by atoms with E-state index in [1.54, 1.807) is 40.6 Å². The van der Waals surface area contributed by atoms with Crippen molar-refractivity contribution in [1.82, 2.24) is 29.9 Å². The summed E-state index contributed by atoms with van der Waals surface area (Å²) in [7, 11) is 6.69. The lowest BCUT2D eigenvalue weighted by atomic mass is 9.88. The number of fused-ring (bicyclic) bond motifs is 3. The summed E-state index contributed by atoms with van der Waals surface area (Å²) in [6.45, 7) is 25.5. The minimum absolute atomic E-state index is 0.0637. The fraction of sp³-hybridized carbons (Fsp3) is 0.311. The number of aromatic nitrogens is 6. The number of hydrogen-bond acceptors (Lipinski definition) is 10. The van der Waals surface area contributed by atoms with Gasteiger partial charge in [0, 0.05) is 65.8 Å². The molecule has 9 rings (SSSR count). The fourth-order valence-corrected chi connectivity index (χ4v) is 8.63. The van der Waals surface area contributed by atoms with Crippen molar-refractivity contribution in [3.63, 3.8) is 0 Å². The molecule has 10 nitrogen and oxygen atoms in total. The molecule has 0 atom stereocenters. The van der Waals surface area contributed by atoms with Crippen LogP contribution in [0.1, 0.15) is 96.1 Å².